The SMILES string of the molecule is CC(C)c1c(O)cccc1Cl.CC(C)c1c(O)cccc1F.CC(C)c1cc(N)ccc1Cl.CC(C)c1cc(O)cc2ccccc12.CC(C)c1ccccc1F.Cc1ccc2c(c1C(C)C)C=NC2. The van der Waals surface area contributed by atoms with Crippen LogP contribution in [0.5, 0.6) is 17.2 Å². The molecule has 7 aromatic carbocycles. The van der Waals surface area contributed by atoms with E-state index >= 15 is 0 Å². The number of nitrogens with zero attached hydrogens (tertiary/aromatic N) is 1. The molecule has 0 aromatic heterocycles. The lowest BCUT2D eigenvalue weighted by atomic mass is 9.91. The Kier molecular flexibility index (Phi) is 23.4. The van der Waals surface area contributed by atoms with Crippen LogP contribution < -0.4 is 5.73 Å². The standard InChI is InChI=1S/C13H14O.C12H15N.C9H12ClN.C9H11ClO.C9H11FO.C9H11F/c1-9(2)13-8-11(14)7-10-5-3-4-6-12(10)13;1-8(2)12-9(3)4-5-10-6-13-7-11(10)12;1-6(2)8-5-7(11)3-4-9(8)10;2*1-6(2)9-7(10)4-3-5-8(9)11;1-7(2)8-5-3-4-6-9(8)10/h3-9,14H,1-2H3;4-5,7-8H,6H2,1-3H3;3-6H,11H2,1-2H3;2*3-6,11H,1-2H3;3-7H,1-2H3. The highest BCUT2D eigenvalue weighted by Gasteiger charge is 2.15. The fourth-order valence-corrected chi connectivity index (χ4v) is 8.75. The number of phenols is 3. The van der Waals surface area contributed by atoms with Crippen molar-refractivity contribution >= 4 is 45.9 Å². The van der Waals surface area contributed by atoms with Gasteiger partial charge in [-0.1, -0.05) is 173 Å². The highest BCUT2D eigenvalue weighted by Crippen LogP contribution is 2.33. The summed E-state index contributed by atoms with van der Waals surface area (Å²) in [6.07, 6.45) is 2.03. The van der Waals surface area contributed by atoms with Crippen molar-refractivity contribution in [2.45, 2.75) is 132 Å². The van der Waals surface area contributed by atoms with Crippen LogP contribution in [0, 0.1) is 18.6 Å². The normalized spacial score (nSPS) is 11.2. The lowest BCUT2D eigenvalue weighted by Gasteiger charge is -2.13. The second-order valence-electron chi connectivity index (χ2n) is 19.2. The summed E-state index contributed by atoms with van der Waals surface area (Å²) in [5.74, 6) is 2.29. The number of halogens is 4. The highest BCUT2D eigenvalue weighted by molar-refractivity contribution is 6.31. The largest absolute Gasteiger partial charge is 0.508 e. The second-order valence-corrected chi connectivity index (χ2v) is 20.0. The molecule has 0 fully saturated rings. The fourth-order valence-electron chi connectivity index (χ4n) is 8.03. The molecule has 5 nitrogen and oxygen atoms in total. The van der Waals surface area contributed by atoms with Gasteiger partial charge in [-0.05, 0) is 147 Å². The Morgan fingerprint density at radius 3 is 1.54 bits per heavy atom. The van der Waals surface area contributed by atoms with Gasteiger partial charge >= 0.3 is 0 Å². The van der Waals surface area contributed by atoms with Crippen molar-refractivity contribution in [3.8, 4) is 17.2 Å². The van der Waals surface area contributed by atoms with Crippen LogP contribution in [0.3, 0.4) is 0 Å². The second kappa shape index (κ2) is 28.1. The van der Waals surface area contributed by atoms with Crippen molar-refractivity contribution in [3.63, 3.8) is 0 Å². The Morgan fingerprint density at radius 1 is 0.500 bits per heavy atom. The Hall–Kier alpha value is -5.89. The molecule has 0 saturated heterocycles. The highest BCUT2D eigenvalue weighted by atomic mass is 35.5. The molecule has 8 rings (SSSR count). The molecule has 7 aromatic rings. The van der Waals surface area contributed by atoms with Crippen molar-refractivity contribution < 1.29 is 24.1 Å². The average Bonchev–Trinajstić information content (AvgIpc) is 3.76. The van der Waals surface area contributed by atoms with Crippen LogP contribution in [0.15, 0.2) is 132 Å². The van der Waals surface area contributed by atoms with Crippen molar-refractivity contribution in [3.05, 3.63) is 199 Å². The van der Waals surface area contributed by atoms with Crippen LogP contribution in [-0.2, 0) is 6.54 Å². The van der Waals surface area contributed by atoms with Gasteiger partial charge in [0.1, 0.15) is 28.9 Å². The van der Waals surface area contributed by atoms with E-state index in [1.807, 2.05) is 102 Å². The van der Waals surface area contributed by atoms with Crippen LogP contribution in [0.25, 0.3) is 10.8 Å². The van der Waals surface area contributed by atoms with Crippen molar-refractivity contribution in [2.24, 2.45) is 4.99 Å². The minimum absolute atomic E-state index is 0.0243. The fraction of sp³-hybridized carbons (Fsp3) is 0.328. The minimum Gasteiger partial charge on any atom is -0.508 e. The Morgan fingerprint density at radius 2 is 1.04 bits per heavy atom. The Bertz CT molecular complexity index is 2690. The topological polar surface area (TPSA) is 99.1 Å². The first-order valence-electron chi connectivity index (χ1n) is 24.0. The van der Waals surface area contributed by atoms with Gasteiger partial charge in [-0.15, -0.1) is 0 Å². The van der Waals surface area contributed by atoms with Gasteiger partial charge in [0.05, 0.1) is 6.54 Å². The maximum Gasteiger partial charge on any atom is 0.130 e. The van der Waals surface area contributed by atoms with Crippen molar-refractivity contribution in [1.82, 2.24) is 0 Å². The van der Waals surface area contributed by atoms with E-state index in [9.17, 15) is 24.1 Å². The molecule has 374 valence electrons. The minimum atomic E-state index is -0.333. The molecule has 0 bridgehead atoms. The number of hydrogen-bond donors (Lipinski definition) is 4. The molecule has 0 amide bonds. The third-order valence-corrected chi connectivity index (χ3v) is 12.2. The number of aryl methyl sites for hydroxylation is 1. The zero-order chi connectivity index (χ0) is 52.4. The van der Waals surface area contributed by atoms with Crippen LogP contribution in [0.2, 0.25) is 10.0 Å². The molecule has 70 heavy (non-hydrogen) atoms. The molecule has 0 saturated carbocycles. The summed E-state index contributed by atoms with van der Waals surface area (Å²) in [6.45, 7) is 27.7. The van der Waals surface area contributed by atoms with Gasteiger partial charge in [0, 0.05) is 38.6 Å². The van der Waals surface area contributed by atoms with Crippen LogP contribution in [0.4, 0.5) is 14.5 Å². The number of aromatic hydroxyl groups is 3. The lowest BCUT2D eigenvalue weighted by Crippen LogP contribution is -1.99. The maximum atomic E-state index is 12.9. The number of phenolic OH excluding ortho intramolecular Hbond substituents is 3. The molecule has 0 spiro atoms. The third kappa shape index (κ3) is 17.2. The zero-order valence-electron chi connectivity index (χ0n) is 43.3. The molecule has 5 N–H and O–H groups in total. The number of hydrogen-bond acceptors (Lipinski definition) is 5. The number of benzene rings is 7. The summed E-state index contributed by atoms with van der Waals surface area (Å²) in [5, 5.41) is 31.9. The first-order chi connectivity index (χ1) is 33.0. The van der Waals surface area contributed by atoms with Gasteiger partial charge in [0.25, 0.3) is 0 Å². The first-order valence-corrected chi connectivity index (χ1v) is 24.8. The van der Waals surface area contributed by atoms with Gasteiger partial charge in [0.15, 0.2) is 0 Å². The van der Waals surface area contributed by atoms with Gasteiger partial charge in [-0.3, -0.25) is 4.99 Å². The number of nitrogen functional groups attached to an aromatic ring is 1. The summed E-state index contributed by atoms with van der Waals surface area (Å²) in [6, 6.07) is 38.2. The van der Waals surface area contributed by atoms with E-state index < -0.39 is 0 Å². The smallest absolute Gasteiger partial charge is 0.130 e. The van der Waals surface area contributed by atoms with Gasteiger partial charge in [-0.2, -0.15) is 0 Å². The number of fused-ring (bicyclic) bond motifs is 2. The molecule has 9 heteroatoms. The van der Waals surface area contributed by atoms with E-state index in [0.717, 1.165) is 39.3 Å². The zero-order valence-corrected chi connectivity index (χ0v) is 44.8. The van der Waals surface area contributed by atoms with E-state index in [4.69, 9.17) is 28.9 Å². The van der Waals surface area contributed by atoms with Gasteiger partial charge in [-0.25, -0.2) is 8.78 Å². The summed E-state index contributed by atoms with van der Waals surface area (Å²) in [4.78, 5) is 4.31. The van der Waals surface area contributed by atoms with Crippen LogP contribution >= 0.6 is 23.2 Å². The molecular formula is C61H74Cl2F2N2O3. The van der Waals surface area contributed by atoms with Crippen LogP contribution in [-0.4, -0.2) is 21.5 Å². The number of nitrogens with two attached hydrogens (primary N) is 1. The number of anilines is 1. The predicted molar refractivity (Wildman–Crippen MR) is 296 cm³/mol. The third-order valence-electron chi connectivity index (χ3n) is 11.5. The molecule has 1 aliphatic heterocycles. The molecule has 0 aliphatic carbocycles. The molecule has 0 radical (unpaired) electrons. The van der Waals surface area contributed by atoms with E-state index in [2.05, 4.69) is 71.7 Å². The van der Waals surface area contributed by atoms with Crippen LogP contribution in [0.1, 0.15) is 169 Å². The Labute approximate surface area is 427 Å². The van der Waals surface area contributed by atoms with Gasteiger partial charge in [0.2, 0.25) is 0 Å². The maximum absolute atomic E-state index is 12.9. The Balaban J connectivity index is 0.000000223. The predicted octanol–water partition coefficient (Wildman–Crippen LogP) is 18.5. The first kappa shape index (κ1) is 58.4. The summed E-state index contributed by atoms with van der Waals surface area (Å²) < 4.78 is 25.8. The molecule has 1 heterocycles. The van der Waals surface area contributed by atoms with Gasteiger partial charge < -0.3 is 21.1 Å². The summed E-state index contributed by atoms with van der Waals surface area (Å²) in [5.41, 5.74) is 16.3. The van der Waals surface area contributed by atoms with Crippen molar-refractivity contribution in [2.75, 3.05) is 5.73 Å². The quantitative estimate of drug-likeness (QED) is 0.125. The number of rotatable bonds is 6. The van der Waals surface area contributed by atoms with E-state index in [-0.39, 0.29) is 40.9 Å². The molecule has 1 aliphatic rings. The monoisotopic (exact) mass is 991 g/mol. The van der Waals surface area contributed by atoms with E-state index in [0.29, 0.717) is 34.1 Å². The molecule has 0 atom stereocenters. The summed E-state index contributed by atoms with van der Waals surface area (Å²) >= 11 is 11.8. The summed E-state index contributed by atoms with van der Waals surface area (Å²) in [7, 11) is 0. The number of aliphatic imine (C=N–C) groups is 1. The average molecular weight is 992 g/mol. The lowest BCUT2D eigenvalue weighted by molar-refractivity contribution is 0.454. The van der Waals surface area contributed by atoms with E-state index in [1.54, 1.807) is 30.3 Å². The van der Waals surface area contributed by atoms with Crippen molar-refractivity contribution in [1.29, 1.82) is 0 Å². The molecule has 0 unspecified atom stereocenters. The van der Waals surface area contributed by atoms with E-state index in [1.165, 1.54) is 57.5 Å². The molecular weight excluding hydrogens is 918 g/mol.